The molecule has 1 heterocycles. The van der Waals surface area contributed by atoms with Crippen molar-refractivity contribution in [2.75, 3.05) is 0 Å². The molecule has 2 aliphatic rings. The summed E-state index contributed by atoms with van der Waals surface area (Å²) in [6, 6.07) is 12.6. The molecule has 0 unspecified atom stereocenters. The summed E-state index contributed by atoms with van der Waals surface area (Å²) >= 11 is 0. The van der Waals surface area contributed by atoms with Crippen molar-refractivity contribution >= 4 is 16.9 Å². The molecule has 0 saturated heterocycles. The number of aryl methyl sites for hydroxylation is 2. The van der Waals surface area contributed by atoms with E-state index < -0.39 is 5.97 Å². The molecule has 1 fully saturated rings. The van der Waals surface area contributed by atoms with Gasteiger partial charge in [0.2, 0.25) is 0 Å². The largest absolute Gasteiger partial charge is 0.489 e. The fourth-order valence-electron chi connectivity index (χ4n) is 5.53. The van der Waals surface area contributed by atoms with Crippen LogP contribution in [0.5, 0.6) is 5.75 Å². The molecule has 5 rings (SSSR count). The maximum Gasteiger partial charge on any atom is 0.304 e. The molecule has 3 N–H and O–H groups in total. The van der Waals surface area contributed by atoms with Crippen LogP contribution in [0.25, 0.3) is 10.9 Å². The zero-order valence-corrected chi connectivity index (χ0v) is 17.9. The summed E-state index contributed by atoms with van der Waals surface area (Å²) in [5.41, 5.74) is 7.12. The van der Waals surface area contributed by atoms with Gasteiger partial charge < -0.3 is 19.9 Å². The molecule has 2 aliphatic carbocycles. The van der Waals surface area contributed by atoms with Crippen LogP contribution in [0.2, 0.25) is 0 Å². The molecule has 0 radical (unpaired) electrons. The number of ether oxygens (including phenoxy) is 1. The summed E-state index contributed by atoms with van der Waals surface area (Å²) in [6.45, 7) is 2.65. The third-order valence-corrected chi connectivity index (χ3v) is 7.07. The number of carboxylic acid groups (broad SMARTS) is 1. The second-order valence-corrected chi connectivity index (χ2v) is 9.20. The quantitative estimate of drug-likeness (QED) is 0.514. The van der Waals surface area contributed by atoms with Gasteiger partial charge in [-0.2, -0.15) is 0 Å². The minimum absolute atomic E-state index is 0.0757. The Kier molecular flexibility index (Phi) is 5.22. The molecule has 0 bridgehead atoms. The van der Waals surface area contributed by atoms with Gasteiger partial charge in [-0.1, -0.05) is 18.2 Å². The number of carboxylic acids is 1. The number of fused-ring (bicyclic) bond motifs is 3. The van der Waals surface area contributed by atoms with Gasteiger partial charge in [0, 0.05) is 22.5 Å². The van der Waals surface area contributed by atoms with E-state index in [1.165, 1.54) is 16.7 Å². The Balaban J connectivity index is 1.30. The normalized spacial score (nSPS) is 22.7. The number of rotatable bonds is 6. The molecule has 31 heavy (non-hydrogen) atoms. The van der Waals surface area contributed by atoms with E-state index in [4.69, 9.17) is 9.84 Å². The van der Waals surface area contributed by atoms with Crippen molar-refractivity contribution in [1.82, 2.24) is 4.98 Å². The van der Waals surface area contributed by atoms with Gasteiger partial charge in [0.1, 0.15) is 12.4 Å². The highest BCUT2D eigenvalue weighted by atomic mass is 16.5. The van der Waals surface area contributed by atoms with E-state index in [-0.39, 0.29) is 18.4 Å². The minimum Gasteiger partial charge on any atom is -0.489 e. The number of carbonyl (C=O) groups is 1. The summed E-state index contributed by atoms with van der Waals surface area (Å²) in [7, 11) is 0. The highest BCUT2D eigenvalue weighted by molar-refractivity contribution is 5.87. The van der Waals surface area contributed by atoms with Crippen molar-refractivity contribution in [1.29, 1.82) is 0 Å². The molecule has 2 aromatic carbocycles. The predicted molar refractivity (Wildman–Crippen MR) is 120 cm³/mol. The van der Waals surface area contributed by atoms with Gasteiger partial charge in [-0.15, -0.1) is 0 Å². The number of hydrogen-bond donors (Lipinski definition) is 3. The van der Waals surface area contributed by atoms with Crippen LogP contribution in [0, 0.1) is 6.92 Å². The lowest BCUT2D eigenvalue weighted by Crippen LogP contribution is -2.03. The fourth-order valence-corrected chi connectivity index (χ4v) is 5.53. The van der Waals surface area contributed by atoms with Crippen LogP contribution < -0.4 is 4.74 Å². The molecule has 5 nitrogen and oxygen atoms in total. The molecule has 1 saturated carbocycles. The van der Waals surface area contributed by atoms with E-state index in [0.717, 1.165) is 60.0 Å². The van der Waals surface area contributed by atoms with Crippen LogP contribution in [-0.2, 0) is 17.8 Å². The maximum absolute atomic E-state index is 11.1. The molecule has 5 heteroatoms. The van der Waals surface area contributed by atoms with E-state index in [1.54, 1.807) is 0 Å². The Hall–Kier alpha value is -2.79. The molecule has 162 valence electrons. The number of aromatic nitrogens is 1. The number of aliphatic hydroxyl groups excluding tert-OH is 1. The first-order valence-electron chi connectivity index (χ1n) is 11.2. The van der Waals surface area contributed by atoms with Crippen LogP contribution in [0.4, 0.5) is 0 Å². The van der Waals surface area contributed by atoms with Gasteiger partial charge in [-0.25, -0.2) is 0 Å². The number of aliphatic carboxylic acids is 1. The second-order valence-electron chi connectivity index (χ2n) is 9.20. The lowest BCUT2D eigenvalue weighted by atomic mass is 9.92. The third-order valence-electron chi connectivity index (χ3n) is 7.07. The average Bonchev–Trinajstić information content (AvgIpc) is 3.42. The number of nitrogens with one attached hydrogen (secondary N) is 1. The Morgan fingerprint density at radius 1 is 1.16 bits per heavy atom. The molecule has 0 amide bonds. The highest BCUT2D eigenvalue weighted by Crippen LogP contribution is 2.40. The number of benzene rings is 2. The van der Waals surface area contributed by atoms with Crippen molar-refractivity contribution in [2.24, 2.45) is 0 Å². The first-order chi connectivity index (χ1) is 15.0. The van der Waals surface area contributed by atoms with Gasteiger partial charge >= 0.3 is 5.97 Å². The second kappa shape index (κ2) is 8.04. The SMILES string of the molecule is Cc1cc(COc2ccc3[nH]c4c(c3c2)CC[C@H]4CC(=O)O)ccc1[C@@H]1CC[C@@H](O)C1. The van der Waals surface area contributed by atoms with Gasteiger partial charge in [0.05, 0.1) is 12.5 Å². The third kappa shape index (κ3) is 3.94. The number of aliphatic hydroxyl groups is 1. The fraction of sp³-hybridized carbons (Fsp3) is 0.423. The zero-order chi connectivity index (χ0) is 21.5. The molecule has 3 atom stereocenters. The zero-order valence-electron chi connectivity index (χ0n) is 17.9. The van der Waals surface area contributed by atoms with Crippen molar-refractivity contribution in [2.45, 2.75) is 70.0 Å². The first-order valence-corrected chi connectivity index (χ1v) is 11.2. The van der Waals surface area contributed by atoms with E-state index in [1.807, 2.05) is 12.1 Å². The van der Waals surface area contributed by atoms with Crippen molar-refractivity contribution in [3.05, 3.63) is 64.3 Å². The van der Waals surface area contributed by atoms with Gasteiger partial charge in [0.25, 0.3) is 0 Å². The van der Waals surface area contributed by atoms with Crippen LogP contribution in [0.1, 0.15) is 71.9 Å². The Morgan fingerprint density at radius 3 is 2.77 bits per heavy atom. The van der Waals surface area contributed by atoms with Gasteiger partial charge in [-0.3, -0.25) is 4.79 Å². The Bertz CT molecular complexity index is 1130. The monoisotopic (exact) mass is 419 g/mol. The average molecular weight is 420 g/mol. The molecular formula is C26H29NO4. The lowest BCUT2D eigenvalue weighted by molar-refractivity contribution is -0.137. The summed E-state index contributed by atoms with van der Waals surface area (Å²) in [5.74, 6) is 0.627. The highest BCUT2D eigenvalue weighted by Gasteiger charge is 2.28. The van der Waals surface area contributed by atoms with Crippen molar-refractivity contribution < 1.29 is 19.7 Å². The number of H-pyrrole nitrogens is 1. The predicted octanol–water partition coefficient (Wildman–Crippen LogP) is 5.19. The minimum atomic E-state index is -0.744. The van der Waals surface area contributed by atoms with Gasteiger partial charge in [-0.05, 0) is 85.4 Å². The van der Waals surface area contributed by atoms with Crippen LogP contribution in [-0.4, -0.2) is 27.3 Å². The standard InChI is InChI=1S/C26H29NO4/c1-15-10-16(2-7-21(15)17-3-5-19(28)11-17)14-31-20-6-9-24-23(13-20)22-8-4-18(12-25(29)30)26(22)27-24/h2,6-7,9-10,13,17-19,27-28H,3-5,8,11-12,14H2,1H3,(H,29,30)/t17-,18+,19-/m1/s1. The Labute approximate surface area is 182 Å². The van der Waals surface area contributed by atoms with Crippen molar-refractivity contribution in [3.8, 4) is 5.75 Å². The summed E-state index contributed by atoms with van der Waals surface area (Å²) in [6.07, 6.45) is 4.65. The van der Waals surface area contributed by atoms with Crippen LogP contribution in [0.3, 0.4) is 0 Å². The molecule has 0 spiro atoms. The van der Waals surface area contributed by atoms with E-state index in [0.29, 0.717) is 12.5 Å². The maximum atomic E-state index is 11.1. The van der Waals surface area contributed by atoms with E-state index >= 15 is 0 Å². The van der Waals surface area contributed by atoms with E-state index in [2.05, 4.69) is 36.2 Å². The topological polar surface area (TPSA) is 82.6 Å². The molecule has 1 aromatic heterocycles. The first kappa shape index (κ1) is 20.1. The summed E-state index contributed by atoms with van der Waals surface area (Å²) in [4.78, 5) is 14.6. The van der Waals surface area contributed by atoms with E-state index in [9.17, 15) is 9.90 Å². The molecular weight excluding hydrogens is 390 g/mol. The number of aromatic amines is 1. The van der Waals surface area contributed by atoms with Crippen molar-refractivity contribution in [3.63, 3.8) is 0 Å². The summed E-state index contributed by atoms with van der Waals surface area (Å²) in [5, 5.41) is 20.1. The smallest absolute Gasteiger partial charge is 0.304 e. The van der Waals surface area contributed by atoms with Crippen LogP contribution in [0.15, 0.2) is 36.4 Å². The molecule has 0 aliphatic heterocycles. The molecule has 3 aromatic rings. The van der Waals surface area contributed by atoms with Crippen LogP contribution >= 0.6 is 0 Å². The van der Waals surface area contributed by atoms with Gasteiger partial charge in [0.15, 0.2) is 0 Å². The lowest BCUT2D eigenvalue weighted by Gasteiger charge is -2.15. The number of hydrogen-bond acceptors (Lipinski definition) is 3. The summed E-state index contributed by atoms with van der Waals surface area (Å²) < 4.78 is 6.11. The Morgan fingerprint density at radius 2 is 2.03 bits per heavy atom.